The molecule has 0 aliphatic carbocycles. The summed E-state index contributed by atoms with van der Waals surface area (Å²) >= 11 is 0. The maximum Gasteiger partial charge on any atom is 0.287 e. The van der Waals surface area contributed by atoms with Gasteiger partial charge in [0.15, 0.2) is 0 Å². The van der Waals surface area contributed by atoms with E-state index in [9.17, 15) is 0 Å². The topological polar surface area (TPSA) is 36.4 Å². The minimum atomic E-state index is 0.904. The molecule has 0 aliphatic heterocycles. The van der Waals surface area contributed by atoms with E-state index in [4.69, 9.17) is 5.53 Å². The zero-order chi connectivity index (χ0) is 9.10. The molecule has 13 heavy (non-hydrogen) atoms. The van der Waals surface area contributed by atoms with E-state index in [-0.39, 0.29) is 0 Å². The van der Waals surface area contributed by atoms with Crippen LogP contribution in [0.3, 0.4) is 0 Å². The number of hydrogen-bond donors (Lipinski definition) is 0. The normalized spacial score (nSPS) is 9.54. The van der Waals surface area contributed by atoms with Gasteiger partial charge in [0.2, 0.25) is 0 Å². The lowest BCUT2D eigenvalue weighted by molar-refractivity contribution is 0.00457. The summed E-state index contributed by atoms with van der Waals surface area (Å²) < 4.78 is 0. The Kier molecular flexibility index (Phi) is 1.91. The lowest BCUT2D eigenvalue weighted by Gasteiger charge is -1.95. The lowest BCUT2D eigenvalue weighted by atomic mass is 10.1. The van der Waals surface area contributed by atoms with Crippen molar-refractivity contribution < 1.29 is 4.79 Å². The highest BCUT2D eigenvalue weighted by molar-refractivity contribution is 5.88. The van der Waals surface area contributed by atoms with Gasteiger partial charge in [-0.25, -0.2) is 0 Å². The van der Waals surface area contributed by atoms with Gasteiger partial charge in [-0.1, -0.05) is 30.3 Å². The number of benzene rings is 2. The van der Waals surface area contributed by atoms with Crippen molar-refractivity contribution in [3.63, 3.8) is 0 Å². The Labute approximate surface area is 76.1 Å². The van der Waals surface area contributed by atoms with Gasteiger partial charge in [0, 0.05) is 0 Å². The number of rotatable bonds is 1. The third-order valence-corrected chi connectivity index (χ3v) is 1.98. The highest BCUT2D eigenvalue weighted by Crippen LogP contribution is 2.14. The molecule has 0 atom stereocenters. The number of hydrogen-bond acceptors (Lipinski definition) is 0. The van der Waals surface area contributed by atoms with Crippen molar-refractivity contribution in [3.8, 4) is 0 Å². The fourth-order valence-electron chi connectivity index (χ4n) is 1.35. The molecule has 2 nitrogen and oxygen atoms in total. The largest absolute Gasteiger partial charge is 0.361 e. The summed E-state index contributed by atoms with van der Waals surface area (Å²) in [5, 5.41) is 2.34. The van der Waals surface area contributed by atoms with Crippen LogP contribution in [0.4, 0.5) is 0 Å². The molecule has 0 bridgehead atoms. The maximum atomic E-state index is 8.36. The number of fused-ring (bicyclic) bond motifs is 1. The van der Waals surface area contributed by atoms with Crippen LogP contribution in [0.25, 0.3) is 16.3 Å². The first kappa shape index (κ1) is 7.71. The second-order valence-corrected chi connectivity index (χ2v) is 2.85. The first-order valence-corrected chi connectivity index (χ1v) is 4.06. The minimum absolute atomic E-state index is 0.904. The Morgan fingerprint density at radius 2 is 1.77 bits per heavy atom. The van der Waals surface area contributed by atoms with E-state index in [2.05, 4.69) is 10.9 Å². The monoisotopic (exact) mass is 168 g/mol. The van der Waals surface area contributed by atoms with Gasteiger partial charge >= 0.3 is 0 Å². The van der Waals surface area contributed by atoms with E-state index in [1.807, 2.05) is 36.4 Å². The fourth-order valence-corrected chi connectivity index (χ4v) is 1.35. The Morgan fingerprint density at radius 1 is 1.00 bits per heavy atom. The maximum absolute atomic E-state index is 8.36. The predicted molar refractivity (Wildman–Crippen MR) is 52.7 cm³/mol. The van der Waals surface area contributed by atoms with Gasteiger partial charge in [0.25, 0.3) is 6.21 Å². The van der Waals surface area contributed by atoms with Crippen molar-refractivity contribution in [1.29, 1.82) is 0 Å². The summed E-state index contributed by atoms with van der Waals surface area (Å²) in [6.07, 6.45) is 1.42. The van der Waals surface area contributed by atoms with Crippen LogP contribution in [0.1, 0.15) is 5.56 Å². The van der Waals surface area contributed by atoms with Crippen molar-refractivity contribution in [2.45, 2.75) is 0 Å². The molecule has 0 radical (unpaired) electrons. The van der Waals surface area contributed by atoms with Crippen LogP contribution in [0, 0.1) is 0 Å². The quantitative estimate of drug-likeness (QED) is 0.356. The van der Waals surface area contributed by atoms with Gasteiger partial charge < -0.3 is 5.53 Å². The molecule has 0 saturated heterocycles. The third-order valence-electron chi connectivity index (χ3n) is 1.98. The van der Waals surface area contributed by atoms with Crippen molar-refractivity contribution >= 4 is 17.0 Å². The molecule has 2 heteroatoms. The molecule has 0 fully saturated rings. The van der Waals surface area contributed by atoms with Crippen molar-refractivity contribution in [2.75, 3.05) is 0 Å². The Bertz CT molecular complexity index is 482. The molecule has 0 heterocycles. The molecule has 0 saturated carbocycles. The standard InChI is InChI=1S/C11H8N2/c12-13-8-9-5-6-10-3-1-2-4-11(10)7-9/h1-8H. The van der Waals surface area contributed by atoms with E-state index >= 15 is 0 Å². The highest BCUT2D eigenvalue weighted by Gasteiger charge is 1.95. The third kappa shape index (κ3) is 1.48. The molecular formula is C11H8N2. The summed E-state index contributed by atoms with van der Waals surface area (Å²) in [7, 11) is 0. The van der Waals surface area contributed by atoms with E-state index in [0.29, 0.717) is 0 Å². The van der Waals surface area contributed by atoms with Crippen LogP contribution in [0.2, 0.25) is 0 Å². The average Bonchev–Trinajstić information content (AvgIpc) is 2.18. The average molecular weight is 168 g/mol. The Balaban J connectivity index is 2.68. The van der Waals surface area contributed by atoms with Crippen LogP contribution in [-0.2, 0) is 0 Å². The van der Waals surface area contributed by atoms with Gasteiger partial charge in [0.1, 0.15) is 0 Å². The zero-order valence-electron chi connectivity index (χ0n) is 7.01. The zero-order valence-corrected chi connectivity index (χ0v) is 7.01. The molecule has 2 rings (SSSR count). The highest BCUT2D eigenvalue weighted by atomic mass is 14.8. The van der Waals surface area contributed by atoms with E-state index < -0.39 is 0 Å². The molecule has 0 aliphatic rings. The molecular weight excluding hydrogens is 160 g/mol. The molecule has 62 valence electrons. The van der Waals surface area contributed by atoms with Crippen LogP contribution in [0.5, 0.6) is 0 Å². The first-order chi connectivity index (χ1) is 6.40. The molecule has 2 aromatic carbocycles. The predicted octanol–water partition coefficient (Wildman–Crippen LogP) is 2.49. The summed E-state index contributed by atoms with van der Waals surface area (Å²) in [5.74, 6) is 0. The summed E-state index contributed by atoms with van der Waals surface area (Å²) in [6, 6.07) is 14.0. The SMILES string of the molecule is [N-]=[N+]=Cc1ccc2ccccc2c1. The van der Waals surface area contributed by atoms with Gasteiger partial charge in [-0.05, 0) is 22.9 Å². The van der Waals surface area contributed by atoms with Crippen molar-refractivity contribution in [1.82, 2.24) is 0 Å². The first-order valence-electron chi connectivity index (χ1n) is 4.06. The van der Waals surface area contributed by atoms with Gasteiger partial charge in [-0.15, -0.1) is 0 Å². The van der Waals surface area contributed by atoms with E-state index in [1.165, 1.54) is 11.6 Å². The molecule has 0 spiro atoms. The smallest absolute Gasteiger partial charge is 0.287 e. The fraction of sp³-hybridized carbons (Fsp3) is 0. The van der Waals surface area contributed by atoms with E-state index in [0.717, 1.165) is 10.9 Å². The Morgan fingerprint density at radius 3 is 2.54 bits per heavy atom. The lowest BCUT2D eigenvalue weighted by Crippen LogP contribution is -1.81. The van der Waals surface area contributed by atoms with Gasteiger partial charge in [-0.3, -0.25) is 0 Å². The molecule has 2 aromatic rings. The molecule has 0 amide bonds. The minimum Gasteiger partial charge on any atom is -0.361 e. The van der Waals surface area contributed by atoms with Gasteiger partial charge in [0.05, 0.1) is 5.56 Å². The van der Waals surface area contributed by atoms with Crippen LogP contribution >= 0.6 is 0 Å². The summed E-state index contributed by atoms with van der Waals surface area (Å²) in [4.78, 5) is 2.99. The molecule has 0 N–H and O–H groups in total. The molecule has 0 aromatic heterocycles. The van der Waals surface area contributed by atoms with E-state index in [1.54, 1.807) is 0 Å². The second kappa shape index (κ2) is 3.21. The van der Waals surface area contributed by atoms with Crippen molar-refractivity contribution in [3.05, 3.63) is 53.6 Å². The van der Waals surface area contributed by atoms with Crippen molar-refractivity contribution in [2.24, 2.45) is 0 Å². The molecule has 0 unspecified atom stereocenters. The number of nitrogens with zero attached hydrogens (tertiary/aromatic N) is 2. The Hall–Kier alpha value is -1.92. The van der Waals surface area contributed by atoms with Crippen LogP contribution < -0.4 is 0 Å². The summed E-state index contributed by atoms with van der Waals surface area (Å²) in [6.45, 7) is 0. The van der Waals surface area contributed by atoms with Crippen LogP contribution in [-0.4, -0.2) is 11.0 Å². The van der Waals surface area contributed by atoms with Gasteiger partial charge in [-0.2, -0.15) is 4.79 Å². The second-order valence-electron chi connectivity index (χ2n) is 2.85. The van der Waals surface area contributed by atoms with Crippen LogP contribution in [0.15, 0.2) is 42.5 Å². The summed E-state index contributed by atoms with van der Waals surface area (Å²) in [5.41, 5.74) is 9.27.